The molecule has 0 bridgehead atoms. The minimum Gasteiger partial charge on any atom is -0.205 e. The maximum Gasteiger partial charge on any atom is 0.0923 e. The van der Waals surface area contributed by atoms with Crippen molar-refractivity contribution in [3.8, 4) is 0 Å². The molecule has 1 aromatic rings. The Morgan fingerprint density at radius 2 is 2.00 bits per heavy atom. The van der Waals surface area contributed by atoms with Crippen LogP contribution in [0.3, 0.4) is 0 Å². The van der Waals surface area contributed by atoms with E-state index < -0.39 is 0 Å². The molecule has 0 unspecified atom stereocenters. The molecule has 0 aliphatic carbocycles. The molecule has 0 aliphatic rings. The first-order valence-electron chi connectivity index (χ1n) is 4.10. The average molecular weight is 242 g/mol. The highest BCUT2D eigenvalue weighted by atomic mass is 79.9. The van der Waals surface area contributed by atoms with E-state index in [0.717, 1.165) is 10.0 Å². The second-order valence-electron chi connectivity index (χ2n) is 3.74. The van der Waals surface area contributed by atoms with Crippen LogP contribution in [-0.4, -0.2) is 31.9 Å². The van der Waals surface area contributed by atoms with Crippen LogP contribution >= 0.6 is 15.9 Å². The van der Waals surface area contributed by atoms with E-state index in [-0.39, 0.29) is 0 Å². The van der Waals surface area contributed by atoms with Gasteiger partial charge in [0.25, 0.3) is 0 Å². The molecule has 13 heavy (non-hydrogen) atoms. The number of halogens is 1. The Morgan fingerprint density at radius 3 is 2.54 bits per heavy atom. The zero-order chi connectivity index (χ0) is 9.90. The fourth-order valence-electron chi connectivity index (χ4n) is 0.827. The summed E-state index contributed by atoms with van der Waals surface area (Å²) in [7, 11) is 6.07. The SMILES string of the molecule is C[N+](C)(C)/N=C/c1cccc(Br)c1. The first-order valence-corrected chi connectivity index (χ1v) is 4.89. The third-order valence-electron chi connectivity index (χ3n) is 1.40. The van der Waals surface area contributed by atoms with Crippen LogP contribution < -0.4 is 0 Å². The van der Waals surface area contributed by atoms with Gasteiger partial charge < -0.3 is 0 Å². The van der Waals surface area contributed by atoms with E-state index in [1.807, 2.05) is 51.6 Å². The number of rotatable bonds is 2. The zero-order valence-corrected chi connectivity index (χ0v) is 9.75. The van der Waals surface area contributed by atoms with Gasteiger partial charge in [-0.2, -0.15) is 0 Å². The highest BCUT2D eigenvalue weighted by Crippen LogP contribution is 2.10. The van der Waals surface area contributed by atoms with E-state index >= 15 is 0 Å². The van der Waals surface area contributed by atoms with Crippen molar-refractivity contribution in [3.05, 3.63) is 34.3 Å². The van der Waals surface area contributed by atoms with Crippen molar-refractivity contribution in [2.75, 3.05) is 21.1 Å². The molecule has 0 aromatic heterocycles. The third-order valence-corrected chi connectivity index (χ3v) is 1.90. The number of nitrogens with zero attached hydrogens (tertiary/aromatic N) is 2. The van der Waals surface area contributed by atoms with Crippen LogP contribution in [0.15, 0.2) is 33.8 Å². The van der Waals surface area contributed by atoms with Crippen LogP contribution in [0.4, 0.5) is 0 Å². The van der Waals surface area contributed by atoms with Gasteiger partial charge in [-0.25, -0.2) is 4.59 Å². The molecule has 0 heterocycles. The van der Waals surface area contributed by atoms with E-state index in [0.29, 0.717) is 4.59 Å². The maximum absolute atomic E-state index is 4.36. The molecule has 0 fully saturated rings. The van der Waals surface area contributed by atoms with Gasteiger partial charge in [-0.1, -0.05) is 33.2 Å². The summed E-state index contributed by atoms with van der Waals surface area (Å²) in [5.74, 6) is 0. The van der Waals surface area contributed by atoms with Crippen LogP contribution in [0.25, 0.3) is 0 Å². The maximum atomic E-state index is 4.36. The molecule has 0 saturated carbocycles. The summed E-state index contributed by atoms with van der Waals surface area (Å²) < 4.78 is 1.67. The Morgan fingerprint density at radius 1 is 1.31 bits per heavy atom. The van der Waals surface area contributed by atoms with Gasteiger partial charge in [0.2, 0.25) is 0 Å². The quantitative estimate of drug-likeness (QED) is 0.429. The van der Waals surface area contributed by atoms with Gasteiger partial charge in [-0.15, -0.1) is 0 Å². The zero-order valence-electron chi connectivity index (χ0n) is 8.16. The molecule has 0 saturated heterocycles. The summed E-state index contributed by atoms with van der Waals surface area (Å²) >= 11 is 3.42. The topological polar surface area (TPSA) is 12.4 Å². The number of quaternary nitrogens is 1. The van der Waals surface area contributed by atoms with Crippen LogP contribution in [-0.2, 0) is 0 Å². The Labute approximate surface area is 87.6 Å². The van der Waals surface area contributed by atoms with Crippen molar-refractivity contribution in [1.29, 1.82) is 0 Å². The summed E-state index contributed by atoms with van der Waals surface area (Å²) in [5, 5.41) is 4.36. The minimum atomic E-state index is 0.590. The van der Waals surface area contributed by atoms with Crippen molar-refractivity contribution >= 4 is 22.1 Å². The van der Waals surface area contributed by atoms with Gasteiger partial charge in [-0.05, 0) is 17.7 Å². The molecule has 0 amide bonds. The first kappa shape index (κ1) is 10.4. The van der Waals surface area contributed by atoms with E-state index in [1.165, 1.54) is 0 Å². The van der Waals surface area contributed by atoms with E-state index in [4.69, 9.17) is 0 Å². The molecule has 3 heteroatoms. The summed E-state index contributed by atoms with van der Waals surface area (Å²) in [4.78, 5) is 0. The average Bonchev–Trinajstić information content (AvgIpc) is 2.00. The van der Waals surface area contributed by atoms with Gasteiger partial charge in [0, 0.05) is 4.47 Å². The Bertz CT molecular complexity index is 313. The molecule has 0 N–H and O–H groups in total. The molecular formula is C10H14BrN2+. The predicted molar refractivity (Wildman–Crippen MR) is 59.8 cm³/mol. The van der Waals surface area contributed by atoms with Crippen molar-refractivity contribution in [1.82, 2.24) is 0 Å². The number of hydrogen-bond acceptors (Lipinski definition) is 1. The molecule has 0 radical (unpaired) electrons. The van der Waals surface area contributed by atoms with Crippen LogP contribution in [0.1, 0.15) is 5.56 Å². The van der Waals surface area contributed by atoms with E-state index in [9.17, 15) is 0 Å². The standard InChI is InChI=1S/C10H14BrN2/c1-13(2,3)12-8-9-5-4-6-10(11)7-9/h4-8H,1-3H3/q+1/b12-8+. The Kier molecular flexibility index (Phi) is 3.22. The lowest BCUT2D eigenvalue weighted by atomic mass is 10.2. The van der Waals surface area contributed by atoms with Gasteiger partial charge in [0.05, 0.1) is 27.4 Å². The van der Waals surface area contributed by atoms with Crippen molar-refractivity contribution < 1.29 is 4.59 Å². The van der Waals surface area contributed by atoms with Gasteiger partial charge in [0.15, 0.2) is 0 Å². The molecule has 70 valence electrons. The molecule has 0 aliphatic heterocycles. The van der Waals surface area contributed by atoms with Crippen LogP contribution in [0, 0.1) is 0 Å². The second-order valence-corrected chi connectivity index (χ2v) is 4.66. The lowest BCUT2D eigenvalue weighted by molar-refractivity contribution is -0.876. The van der Waals surface area contributed by atoms with E-state index in [2.05, 4.69) is 21.0 Å². The van der Waals surface area contributed by atoms with Gasteiger partial charge in [-0.3, -0.25) is 0 Å². The first-order chi connectivity index (χ1) is 5.97. The lowest BCUT2D eigenvalue weighted by Crippen LogP contribution is -2.27. The van der Waals surface area contributed by atoms with Crippen LogP contribution in [0.5, 0.6) is 0 Å². The minimum absolute atomic E-state index is 0.590. The molecular weight excluding hydrogens is 228 g/mol. The summed E-state index contributed by atoms with van der Waals surface area (Å²) in [6, 6.07) is 8.08. The monoisotopic (exact) mass is 241 g/mol. The Hall–Kier alpha value is -0.670. The molecule has 1 aromatic carbocycles. The summed E-state index contributed by atoms with van der Waals surface area (Å²) in [6.45, 7) is 0. The molecule has 0 spiro atoms. The molecule has 0 atom stereocenters. The van der Waals surface area contributed by atoms with Gasteiger partial charge in [0.1, 0.15) is 0 Å². The smallest absolute Gasteiger partial charge is 0.0923 e. The van der Waals surface area contributed by atoms with Gasteiger partial charge >= 0.3 is 0 Å². The second kappa shape index (κ2) is 4.03. The summed E-state index contributed by atoms with van der Waals surface area (Å²) in [6.07, 6.45) is 1.88. The molecule has 2 nitrogen and oxygen atoms in total. The van der Waals surface area contributed by atoms with Crippen molar-refractivity contribution in [2.24, 2.45) is 5.10 Å². The van der Waals surface area contributed by atoms with E-state index in [1.54, 1.807) is 0 Å². The molecule has 1 rings (SSSR count). The highest BCUT2D eigenvalue weighted by molar-refractivity contribution is 9.10. The summed E-state index contributed by atoms with van der Waals surface area (Å²) in [5.41, 5.74) is 1.11. The Balaban J connectivity index is 2.80. The number of benzene rings is 1. The normalized spacial score (nSPS) is 12.3. The fourth-order valence-corrected chi connectivity index (χ4v) is 1.24. The van der Waals surface area contributed by atoms with Crippen molar-refractivity contribution in [2.45, 2.75) is 0 Å². The predicted octanol–water partition coefficient (Wildman–Crippen LogP) is 2.49. The highest BCUT2D eigenvalue weighted by Gasteiger charge is 2.01. The largest absolute Gasteiger partial charge is 0.205 e. The van der Waals surface area contributed by atoms with Crippen molar-refractivity contribution in [3.63, 3.8) is 0 Å². The third kappa shape index (κ3) is 4.20. The number of hydrogen-bond donors (Lipinski definition) is 0. The fraction of sp³-hybridized carbons (Fsp3) is 0.300. The lowest BCUT2D eigenvalue weighted by Gasteiger charge is -2.14. The van der Waals surface area contributed by atoms with Crippen LogP contribution in [0.2, 0.25) is 0 Å².